The molecule has 0 aliphatic heterocycles. The molecule has 2 amide bonds. The van der Waals surface area contributed by atoms with Gasteiger partial charge >= 0.3 is 6.03 Å². The summed E-state index contributed by atoms with van der Waals surface area (Å²) >= 11 is 6.09. The first-order valence-corrected chi connectivity index (χ1v) is 7.49. The van der Waals surface area contributed by atoms with Crippen molar-refractivity contribution >= 4 is 23.3 Å². The van der Waals surface area contributed by atoms with E-state index in [0.29, 0.717) is 35.8 Å². The van der Waals surface area contributed by atoms with Crippen LogP contribution in [0.25, 0.3) is 0 Å². The Bertz CT molecular complexity index is 466. The van der Waals surface area contributed by atoms with Crippen molar-refractivity contribution in [2.45, 2.75) is 45.8 Å². The molecule has 1 aromatic rings. The third-order valence-electron chi connectivity index (χ3n) is 2.80. The standard InChI is InChI=1S/C15H23ClN2O3/c1-4-11(19)8-9-17-15(20)18-13-7-5-6-12(16)14(13)21-10(2)3/h5-7,10-11,19H,4,8-9H2,1-3H3,(H2,17,18,20). The molecule has 0 spiro atoms. The quantitative estimate of drug-likeness (QED) is 0.722. The molecule has 1 unspecified atom stereocenters. The van der Waals surface area contributed by atoms with Crippen LogP contribution in [0.2, 0.25) is 5.02 Å². The largest absolute Gasteiger partial charge is 0.487 e. The number of amides is 2. The number of benzene rings is 1. The van der Waals surface area contributed by atoms with E-state index in [2.05, 4.69) is 10.6 Å². The van der Waals surface area contributed by atoms with Crippen molar-refractivity contribution in [3.05, 3.63) is 23.2 Å². The Morgan fingerprint density at radius 3 is 2.76 bits per heavy atom. The number of nitrogens with one attached hydrogen (secondary N) is 2. The summed E-state index contributed by atoms with van der Waals surface area (Å²) in [4.78, 5) is 11.8. The molecule has 0 aliphatic rings. The number of hydrogen-bond acceptors (Lipinski definition) is 3. The first-order chi connectivity index (χ1) is 9.93. The number of carbonyl (C=O) groups is 1. The van der Waals surface area contributed by atoms with E-state index in [1.54, 1.807) is 18.2 Å². The topological polar surface area (TPSA) is 70.6 Å². The number of urea groups is 1. The highest BCUT2D eigenvalue weighted by Crippen LogP contribution is 2.33. The highest BCUT2D eigenvalue weighted by molar-refractivity contribution is 6.32. The molecule has 3 N–H and O–H groups in total. The van der Waals surface area contributed by atoms with Gasteiger partial charge in [0.2, 0.25) is 0 Å². The Labute approximate surface area is 130 Å². The number of anilines is 1. The number of aliphatic hydroxyl groups excluding tert-OH is 1. The van der Waals surface area contributed by atoms with E-state index in [9.17, 15) is 9.90 Å². The second-order valence-corrected chi connectivity index (χ2v) is 5.42. The van der Waals surface area contributed by atoms with Gasteiger partial charge in [0.25, 0.3) is 0 Å². The van der Waals surface area contributed by atoms with Gasteiger partial charge in [-0.2, -0.15) is 0 Å². The summed E-state index contributed by atoms with van der Waals surface area (Å²) in [7, 11) is 0. The Hall–Kier alpha value is -1.46. The van der Waals surface area contributed by atoms with Crippen LogP contribution in [0.5, 0.6) is 5.75 Å². The zero-order valence-electron chi connectivity index (χ0n) is 12.6. The molecule has 0 radical (unpaired) electrons. The number of rotatable bonds is 7. The smallest absolute Gasteiger partial charge is 0.319 e. The molecule has 0 bridgehead atoms. The zero-order valence-corrected chi connectivity index (χ0v) is 13.4. The second-order valence-electron chi connectivity index (χ2n) is 5.01. The molecule has 5 nitrogen and oxygen atoms in total. The van der Waals surface area contributed by atoms with Crippen molar-refractivity contribution < 1.29 is 14.6 Å². The lowest BCUT2D eigenvalue weighted by Crippen LogP contribution is -2.31. The maximum Gasteiger partial charge on any atom is 0.319 e. The Kier molecular flexibility index (Phi) is 7.32. The maximum absolute atomic E-state index is 11.8. The first kappa shape index (κ1) is 17.6. The fourth-order valence-corrected chi connectivity index (χ4v) is 1.90. The van der Waals surface area contributed by atoms with Crippen LogP contribution in [-0.4, -0.2) is 29.9 Å². The van der Waals surface area contributed by atoms with E-state index in [0.717, 1.165) is 0 Å². The van der Waals surface area contributed by atoms with Crippen molar-refractivity contribution in [1.29, 1.82) is 0 Å². The van der Waals surface area contributed by atoms with Gasteiger partial charge in [0, 0.05) is 6.54 Å². The zero-order chi connectivity index (χ0) is 15.8. The molecule has 1 rings (SSSR count). The predicted octanol–water partition coefficient (Wildman–Crippen LogP) is 3.41. The van der Waals surface area contributed by atoms with Crippen LogP contribution >= 0.6 is 11.6 Å². The Morgan fingerprint density at radius 1 is 1.43 bits per heavy atom. The molecule has 118 valence electrons. The molecule has 0 saturated heterocycles. The van der Waals surface area contributed by atoms with Gasteiger partial charge < -0.3 is 20.5 Å². The van der Waals surface area contributed by atoms with Gasteiger partial charge in [-0.15, -0.1) is 0 Å². The van der Waals surface area contributed by atoms with E-state index in [1.165, 1.54) is 0 Å². The first-order valence-electron chi connectivity index (χ1n) is 7.12. The lowest BCUT2D eigenvalue weighted by Gasteiger charge is -2.16. The molecule has 0 heterocycles. The van der Waals surface area contributed by atoms with Crippen LogP contribution in [0.4, 0.5) is 10.5 Å². The van der Waals surface area contributed by atoms with Crippen molar-refractivity contribution in [3.8, 4) is 5.75 Å². The average Bonchev–Trinajstić information content (AvgIpc) is 2.42. The van der Waals surface area contributed by atoms with Gasteiger partial charge in [-0.25, -0.2) is 4.79 Å². The second kappa shape index (κ2) is 8.74. The van der Waals surface area contributed by atoms with E-state index in [-0.39, 0.29) is 12.1 Å². The van der Waals surface area contributed by atoms with Crippen molar-refractivity contribution in [2.75, 3.05) is 11.9 Å². The van der Waals surface area contributed by atoms with Crippen molar-refractivity contribution in [2.24, 2.45) is 0 Å². The predicted molar refractivity (Wildman–Crippen MR) is 85.2 cm³/mol. The van der Waals surface area contributed by atoms with E-state index >= 15 is 0 Å². The summed E-state index contributed by atoms with van der Waals surface area (Å²) in [6.07, 6.45) is 0.753. The molecule has 0 saturated carbocycles. The monoisotopic (exact) mass is 314 g/mol. The molecular weight excluding hydrogens is 292 g/mol. The molecule has 21 heavy (non-hydrogen) atoms. The highest BCUT2D eigenvalue weighted by Gasteiger charge is 2.12. The normalized spacial score (nSPS) is 12.1. The molecule has 1 aromatic carbocycles. The van der Waals surface area contributed by atoms with Crippen LogP contribution < -0.4 is 15.4 Å². The van der Waals surface area contributed by atoms with Crippen LogP contribution in [0, 0.1) is 0 Å². The van der Waals surface area contributed by atoms with Crippen molar-refractivity contribution in [1.82, 2.24) is 5.32 Å². The third-order valence-corrected chi connectivity index (χ3v) is 3.10. The lowest BCUT2D eigenvalue weighted by molar-refractivity contribution is 0.160. The summed E-state index contributed by atoms with van der Waals surface area (Å²) in [6.45, 7) is 6.08. The number of halogens is 1. The summed E-state index contributed by atoms with van der Waals surface area (Å²) < 4.78 is 5.62. The number of hydrogen-bond donors (Lipinski definition) is 3. The van der Waals surface area contributed by atoms with Crippen LogP contribution in [0.1, 0.15) is 33.6 Å². The van der Waals surface area contributed by atoms with Gasteiger partial charge in [-0.3, -0.25) is 0 Å². The fourth-order valence-electron chi connectivity index (χ4n) is 1.69. The molecule has 6 heteroatoms. The molecule has 1 atom stereocenters. The minimum absolute atomic E-state index is 0.0480. The van der Waals surface area contributed by atoms with E-state index < -0.39 is 6.10 Å². The Morgan fingerprint density at radius 2 is 2.14 bits per heavy atom. The number of aliphatic hydroxyl groups is 1. The van der Waals surface area contributed by atoms with Gasteiger partial charge in [0.15, 0.2) is 5.75 Å². The number of carbonyl (C=O) groups excluding carboxylic acids is 1. The fraction of sp³-hybridized carbons (Fsp3) is 0.533. The SMILES string of the molecule is CCC(O)CCNC(=O)Nc1cccc(Cl)c1OC(C)C. The van der Waals surface area contributed by atoms with E-state index in [1.807, 2.05) is 20.8 Å². The molecule has 0 fully saturated rings. The summed E-state index contributed by atoms with van der Waals surface area (Å²) in [5.74, 6) is 0.456. The third kappa shape index (κ3) is 6.23. The minimum Gasteiger partial charge on any atom is -0.487 e. The van der Waals surface area contributed by atoms with Gasteiger partial charge in [-0.1, -0.05) is 24.6 Å². The number of para-hydroxylation sites is 1. The molecule has 0 aromatic heterocycles. The van der Waals surface area contributed by atoms with Crippen LogP contribution in [-0.2, 0) is 0 Å². The lowest BCUT2D eigenvalue weighted by atomic mass is 10.2. The van der Waals surface area contributed by atoms with Gasteiger partial charge in [0.05, 0.1) is 22.9 Å². The number of ether oxygens (including phenoxy) is 1. The summed E-state index contributed by atoms with van der Waals surface area (Å²) in [6, 6.07) is 4.82. The average molecular weight is 315 g/mol. The van der Waals surface area contributed by atoms with Crippen LogP contribution in [0.3, 0.4) is 0 Å². The van der Waals surface area contributed by atoms with Crippen LogP contribution in [0.15, 0.2) is 18.2 Å². The minimum atomic E-state index is -0.392. The maximum atomic E-state index is 11.8. The highest BCUT2D eigenvalue weighted by atomic mass is 35.5. The van der Waals surface area contributed by atoms with Gasteiger partial charge in [0.1, 0.15) is 0 Å². The summed E-state index contributed by atoms with van der Waals surface area (Å²) in [5.41, 5.74) is 0.518. The molecular formula is C15H23ClN2O3. The van der Waals surface area contributed by atoms with Gasteiger partial charge in [-0.05, 0) is 38.8 Å². The molecule has 0 aliphatic carbocycles. The summed E-state index contributed by atoms with van der Waals surface area (Å²) in [5, 5.41) is 15.3. The van der Waals surface area contributed by atoms with Crippen molar-refractivity contribution in [3.63, 3.8) is 0 Å². The Balaban J connectivity index is 2.61. The van der Waals surface area contributed by atoms with E-state index in [4.69, 9.17) is 16.3 Å².